The van der Waals surface area contributed by atoms with Gasteiger partial charge in [0.15, 0.2) is 0 Å². The Morgan fingerprint density at radius 3 is 3.00 bits per heavy atom. The molecule has 0 bridgehead atoms. The van der Waals surface area contributed by atoms with E-state index < -0.39 is 0 Å². The van der Waals surface area contributed by atoms with Crippen LogP contribution in [0.5, 0.6) is 5.88 Å². The van der Waals surface area contributed by atoms with E-state index in [1.54, 1.807) is 6.20 Å². The molecular formula is C9H16N2O. The van der Waals surface area contributed by atoms with E-state index in [2.05, 4.69) is 17.1 Å². The number of hydrogen-bond donors (Lipinski definition) is 1. The van der Waals surface area contributed by atoms with Gasteiger partial charge in [-0.3, -0.25) is 0 Å². The van der Waals surface area contributed by atoms with Crippen molar-refractivity contribution in [3.63, 3.8) is 0 Å². The highest BCUT2D eigenvalue weighted by Crippen LogP contribution is 2.04. The number of rotatable bonds is 6. The van der Waals surface area contributed by atoms with Crippen molar-refractivity contribution in [1.82, 2.24) is 10.2 Å². The Morgan fingerprint density at radius 1 is 1.42 bits per heavy atom. The number of ether oxygens (including phenoxy) is 1. The van der Waals surface area contributed by atoms with Crippen molar-refractivity contribution in [2.24, 2.45) is 0 Å². The molecule has 1 aromatic rings. The van der Waals surface area contributed by atoms with Crippen LogP contribution in [-0.2, 0) is 0 Å². The second-order valence-corrected chi connectivity index (χ2v) is 2.83. The maximum absolute atomic E-state index is 5.37. The minimum absolute atomic E-state index is 0.770. The average Bonchev–Trinajstić information content (AvgIpc) is 2.57. The van der Waals surface area contributed by atoms with Gasteiger partial charge in [0.25, 0.3) is 0 Å². The van der Waals surface area contributed by atoms with Crippen molar-refractivity contribution < 1.29 is 4.74 Å². The highest BCUT2D eigenvalue weighted by molar-refractivity contribution is 5.03. The number of nitrogens with one attached hydrogen (secondary N) is 1. The van der Waals surface area contributed by atoms with Crippen LogP contribution in [0.2, 0.25) is 0 Å². The zero-order chi connectivity index (χ0) is 8.65. The van der Waals surface area contributed by atoms with Crippen LogP contribution < -0.4 is 4.74 Å². The average molecular weight is 168 g/mol. The van der Waals surface area contributed by atoms with Crippen molar-refractivity contribution in [3.8, 4) is 5.88 Å². The minimum Gasteiger partial charge on any atom is -0.478 e. The molecule has 0 saturated carbocycles. The second-order valence-electron chi connectivity index (χ2n) is 2.83. The van der Waals surface area contributed by atoms with Crippen LogP contribution in [0.1, 0.15) is 32.6 Å². The molecule has 1 rings (SSSR count). The van der Waals surface area contributed by atoms with E-state index in [4.69, 9.17) is 4.74 Å². The first-order chi connectivity index (χ1) is 5.93. The third-order valence-electron chi connectivity index (χ3n) is 1.73. The monoisotopic (exact) mass is 168 g/mol. The molecule has 68 valence electrons. The first-order valence-electron chi connectivity index (χ1n) is 4.55. The molecule has 0 fully saturated rings. The van der Waals surface area contributed by atoms with Crippen LogP contribution in [0.25, 0.3) is 0 Å². The Labute approximate surface area is 73.1 Å². The molecule has 0 spiro atoms. The van der Waals surface area contributed by atoms with Crippen LogP contribution in [-0.4, -0.2) is 16.8 Å². The summed E-state index contributed by atoms with van der Waals surface area (Å²) < 4.78 is 5.37. The molecule has 0 saturated heterocycles. The number of hydrogen-bond acceptors (Lipinski definition) is 2. The van der Waals surface area contributed by atoms with Crippen molar-refractivity contribution in [2.75, 3.05) is 6.61 Å². The van der Waals surface area contributed by atoms with Gasteiger partial charge in [-0.05, 0) is 6.42 Å². The van der Waals surface area contributed by atoms with E-state index >= 15 is 0 Å². The van der Waals surface area contributed by atoms with Gasteiger partial charge in [0, 0.05) is 6.07 Å². The summed E-state index contributed by atoms with van der Waals surface area (Å²) in [5.74, 6) is 0.770. The van der Waals surface area contributed by atoms with E-state index in [1.807, 2.05) is 6.07 Å². The smallest absolute Gasteiger partial charge is 0.208 e. The summed E-state index contributed by atoms with van der Waals surface area (Å²) in [7, 11) is 0. The quantitative estimate of drug-likeness (QED) is 0.662. The van der Waals surface area contributed by atoms with Gasteiger partial charge < -0.3 is 4.74 Å². The summed E-state index contributed by atoms with van der Waals surface area (Å²) in [6, 6.07) is 1.83. The summed E-state index contributed by atoms with van der Waals surface area (Å²) in [6.45, 7) is 3.00. The molecule has 0 unspecified atom stereocenters. The summed E-state index contributed by atoms with van der Waals surface area (Å²) in [4.78, 5) is 0. The van der Waals surface area contributed by atoms with Crippen molar-refractivity contribution in [2.45, 2.75) is 32.6 Å². The Hall–Kier alpha value is -0.990. The lowest BCUT2D eigenvalue weighted by Gasteiger charge is -2.01. The third kappa shape index (κ3) is 3.42. The first kappa shape index (κ1) is 9.10. The molecule has 0 amide bonds. The molecule has 0 aliphatic rings. The Kier molecular flexibility index (Phi) is 4.27. The minimum atomic E-state index is 0.770. The zero-order valence-electron chi connectivity index (χ0n) is 7.55. The number of aromatic nitrogens is 2. The van der Waals surface area contributed by atoms with Gasteiger partial charge >= 0.3 is 0 Å². The van der Waals surface area contributed by atoms with Gasteiger partial charge in [-0.15, -0.1) is 0 Å². The summed E-state index contributed by atoms with van der Waals surface area (Å²) in [5.41, 5.74) is 0. The van der Waals surface area contributed by atoms with Crippen LogP contribution in [0.4, 0.5) is 0 Å². The Bertz CT molecular complexity index is 184. The highest BCUT2D eigenvalue weighted by Gasteiger charge is 1.92. The van der Waals surface area contributed by atoms with Crippen molar-refractivity contribution in [3.05, 3.63) is 12.3 Å². The van der Waals surface area contributed by atoms with Crippen LogP contribution in [0.3, 0.4) is 0 Å². The van der Waals surface area contributed by atoms with Gasteiger partial charge in [-0.25, -0.2) is 5.10 Å². The second kappa shape index (κ2) is 5.63. The lowest BCUT2D eigenvalue weighted by Crippen LogP contribution is -1.97. The van der Waals surface area contributed by atoms with Crippen LogP contribution in [0, 0.1) is 0 Å². The number of unbranched alkanes of at least 4 members (excludes halogenated alkanes) is 3. The molecule has 0 radical (unpaired) electrons. The lowest BCUT2D eigenvalue weighted by molar-refractivity contribution is 0.293. The first-order valence-corrected chi connectivity index (χ1v) is 4.55. The summed E-state index contributed by atoms with van der Waals surface area (Å²) in [5, 5.41) is 6.54. The number of nitrogens with zero attached hydrogens (tertiary/aromatic N) is 1. The lowest BCUT2D eigenvalue weighted by atomic mass is 10.2. The predicted octanol–water partition coefficient (Wildman–Crippen LogP) is 2.37. The summed E-state index contributed by atoms with van der Waals surface area (Å²) >= 11 is 0. The van der Waals surface area contributed by atoms with Gasteiger partial charge in [0.05, 0.1) is 12.8 Å². The van der Waals surface area contributed by atoms with E-state index in [-0.39, 0.29) is 0 Å². The SMILES string of the molecule is CCCCCCOc1ccn[nH]1. The van der Waals surface area contributed by atoms with Gasteiger partial charge in [-0.1, -0.05) is 26.2 Å². The predicted molar refractivity (Wildman–Crippen MR) is 48.2 cm³/mol. The normalized spacial score (nSPS) is 10.1. The van der Waals surface area contributed by atoms with Crippen LogP contribution in [0.15, 0.2) is 12.3 Å². The van der Waals surface area contributed by atoms with E-state index in [9.17, 15) is 0 Å². The van der Waals surface area contributed by atoms with E-state index in [0.29, 0.717) is 0 Å². The molecule has 0 aromatic carbocycles. The maximum atomic E-state index is 5.37. The molecule has 0 aliphatic heterocycles. The molecule has 0 aliphatic carbocycles. The fourth-order valence-corrected chi connectivity index (χ4v) is 1.03. The molecule has 3 heteroatoms. The molecule has 0 atom stereocenters. The van der Waals surface area contributed by atoms with Crippen molar-refractivity contribution >= 4 is 0 Å². The molecule has 12 heavy (non-hydrogen) atoms. The van der Waals surface area contributed by atoms with E-state index in [0.717, 1.165) is 18.9 Å². The largest absolute Gasteiger partial charge is 0.478 e. The maximum Gasteiger partial charge on any atom is 0.208 e. The van der Waals surface area contributed by atoms with Crippen LogP contribution >= 0.6 is 0 Å². The van der Waals surface area contributed by atoms with Gasteiger partial charge in [0.1, 0.15) is 0 Å². The zero-order valence-corrected chi connectivity index (χ0v) is 7.55. The number of aromatic amines is 1. The number of H-pyrrole nitrogens is 1. The fourth-order valence-electron chi connectivity index (χ4n) is 1.03. The molecule has 1 aromatic heterocycles. The van der Waals surface area contributed by atoms with E-state index in [1.165, 1.54) is 19.3 Å². The molecule has 3 nitrogen and oxygen atoms in total. The van der Waals surface area contributed by atoms with Gasteiger partial charge in [-0.2, -0.15) is 5.10 Å². The third-order valence-corrected chi connectivity index (χ3v) is 1.73. The Morgan fingerprint density at radius 2 is 2.33 bits per heavy atom. The standard InChI is InChI=1S/C9H16N2O/c1-2-3-4-5-8-12-9-6-7-10-11-9/h6-7H,2-5,8H2,1H3,(H,10,11). The molecule has 1 N–H and O–H groups in total. The highest BCUT2D eigenvalue weighted by atomic mass is 16.5. The molecule has 1 heterocycles. The summed E-state index contributed by atoms with van der Waals surface area (Å²) in [6.07, 6.45) is 6.65. The van der Waals surface area contributed by atoms with Gasteiger partial charge in [0.2, 0.25) is 5.88 Å². The Balaban J connectivity index is 1.96. The fraction of sp³-hybridized carbons (Fsp3) is 0.667. The topological polar surface area (TPSA) is 37.9 Å². The molecular weight excluding hydrogens is 152 g/mol. The van der Waals surface area contributed by atoms with Crippen molar-refractivity contribution in [1.29, 1.82) is 0 Å².